The molecule has 0 saturated heterocycles. The minimum atomic E-state index is 0.0964. The quantitative estimate of drug-likeness (QED) is 0.644. The first-order valence-corrected chi connectivity index (χ1v) is 8.57. The fourth-order valence-electron chi connectivity index (χ4n) is 2.51. The lowest BCUT2D eigenvalue weighted by atomic mass is 10.1. The van der Waals surface area contributed by atoms with Gasteiger partial charge in [0.25, 0.3) is 0 Å². The second-order valence-electron chi connectivity index (χ2n) is 5.24. The van der Waals surface area contributed by atoms with E-state index in [0.717, 1.165) is 22.5 Å². The lowest BCUT2D eigenvalue weighted by Gasteiger charge is -2.08. The predicted molar refractivity (Wildman–Crippen MR) is 103 cm³/mol. The van der Waals surface area contributed by atoms with Gasteiger partial charge in [-0.1, -0.05) is 47.7 Å². The van der Waals surface area contributed by atoms with Gasteiger partial charge in [0.15, 0.2) is 3.95 Å². The van der Waals surface area contributed by atoms with Crippen molar-refractivity contribution in [2.45, 2.75) is 0 Å². The molecule has 2 aromatic carbocycles. The number of allylic oxidation sites excluding steroid dienone is 1. The van der Waals surface area contributed by atoms with Crippen molar-refractivity contribution < 1.29 is 5.11 Å². The highest BCUT2D eigenvalue weighted by atomic mass is 32.1. The summed E-state index contributed by atoms with van der Waals surface area (Å²) in [5, 5.41) is 10.5. The molecule has 2 N–H and O–H groups in total. The summed E-state index contributed by atoms with van der Waals surface area (Å²) in [5.74, 6) is 0.0964. The second-order valence-corrected chi connectivity index (χ2v) is 6.92. The van der Waals surface area contributed by atoms with Crippen molar-refractivity contribution in [3.63, 3.8) is 0 Å². The molecule has 2 heterocycles. The summed E-state index contributed by atoms with van der Waals surface area (Å²) >= 11 is 6.72. The van der Waals surface area contributed by atoms with Crippen LogP contribution < -0.4 is 5.43 Å². The van der Waals surface area contributed by atoms with Crippen molar-refractivity contribution >= 4 is 52.8 Å². The van der Waals surface area contributed by atoms with Crippen LogP contribution in [-0.2, 0) is 0 Å². The molecule has 0 saturated carbocycles. The molecule has 6 heteroatoms. The topological polar surface area (TPSA) is 49.6 Å². The van der Waals surface area contributed by atoms with Crippen molar-refractivity contribution in [1.82, 2.24) is 4.68 Å². The molecule has 1 aliphatic rings. The first kappa shape index (κ1) is 14.9. The summed E-state index contributed by atoms with van der Waals surface area (Å²) in [6.07, 6.45) is 3.72. The standard InChI is InChI=1S/C18H13N3OS2/c22-17-16(10-12-11-19-15-9-5-4-8-14(12)15)24-18(23)21(17)20-13-6-2-1-3-7-13/h1-11,20,22H/b12-10+. The number of hydrogen-bond donors (Lipinski definition) is 2. The number of benzene rings is 2. The minimum Gasteiger partial charge on any atom is -0.492 e. The van der Waals surface area contributed by atoms with Crippen LogP contribution in [0.15, 0.2) is 59.6 Å². The normalized spacial score (nSPS) is 14.1. The van der Waals surface area contributed by atoms with Crippen molar-refractivity contribution in [1.29, 1.82) is 0 Å². The van der Waals surface area contributed by atoms with E-state index in [2.05, 4.69) is 10.4 Å². The van der Waals surface area contributed by atoms with E-state index in [1.807, 2.05) is 66.9 Å². The highest BCUT2D eigenvalue weighted by Gasteiger charge is 2.15. The molecule has 0 fully saturated rings. The van der Waals surface area contributed by atoms with Crippen molar-refractivity contribution in [3.8, 4) is 5.88 Å². The molecule has 0 spiro atoms. The van der Waals surface area contributed by atoms with E-state index in [1.165, 1.54) is 16.0 Å². The molecule has 24 heavy (non-hydrogen) atoms. The predicted octanol–water partition coefficient (Wildman–Crippen LogP) is 5.12. The Hall–Kier alpha value is -2.70. The Morgan fingerprint density at radius 2 is 1.83 bits per heavy atom. The molecule has 0 unspecified atom stereocenters. The summed E-state index contributed by atoms with van der Waals surface area (Å²) in [6, 6.07) is 17.5. The number of para-hydroxylation sites is 2. The second kappa shape index (κ2) is 6.07. The molecule has 0 amide bonds. The Morgan fingerprint density at radius 1 is 1.08 bits per heavy atom. The average molecular weight is 351 g/mol. The summed E-state index contributed by atoms with van der Waals surface area (Å²) in [4.78, 5) is 5.08. The summed E-state index contributed by atoms with van der Waals surface area (Å²) in [7, 11) is 0. The van der Waals surface area contributed by atoms with Gasteiger partial charge in [0, 0.05) is 17.4 Å². The summed E-state index contributed by atoms with van der Waals surface area (Å²) in [6.45, 7) is 0. The maximum atomic E-state index is 10.5. The van der Waals surface area contributed by atoms with Gasteiger partial charge in [0.1, 0.15) is 0 Å². The van der Waals surface area contributed by atoms with E-state index in [4.69, 9.17) is 12.2 Å². The minimum absolute atomic E-state index is 0.0964. The van der Waals surface area contributed by atoms with Crippen molar-refractivity contribution in [3.05, 3.63) is 69.0 Å². The van der Waals surface area contributed by atoms with E-state index in [0.29, 0.717) is 8.83 Å². The number of aromatic hydroxyl groups is 1. The number of anilines is 1. The van der Waals surface area contributed by atoms with E-state index in [9.17, 15) is 5.11 Å². The molecule has 0 bridgehead atoms. The number of hydrogen-bond acceptors (Lipinski definition) is 5. The molecule has 1 aliphatic heterocycles. The van der Waals surface area contributed by atoms with Crippen LogP contribution in [0.4, 0.5) is 11.4 Å². The SMILES string of the molecule is Oc1c(/C=C2\C=Nc3ccccc32)sc(=S)n1Nc1ccccc1. The fraction of sp³-hybridized carbons (Fsp3) is 0. The average Bonchev–Trinajstić information content (AvgIpc) is 3.13. The first-order chi connectivity index (χ1) is 11.7. The van der Waals surface area contributed by atoms with Gasteiger partial charge >= 0.3 is 0 Å². The number of nitrogens with zero attached hydrogens (tertiary/aromatic N) is 2. The lowest BCUT2D eigenvalue weighted by molar-refractivity contribution is 0.434. The third-order valence-corrected chi connectivity index (χ3v) is 4.98. The third-order valence-electron chi connectivity index (χ3n) is 3.67. The zero-order valence-electron chi connectivity index (χ0n) is 12.5. The Bertz CT molecular complexity index is 1020. The zero-order valence-corrected chi connectivity index (χ0v) is 14.1. The third kappa shape index (κ3) is 2.66. The smallest absolute Gasteiger partial charge is 0.230 e. The molecule has 3 aromatic rings. The molecular formula is C18H13N3OS2. The van der Waals surface area contributed by atoms with Crippen LogP contribution in [-0.4, -0.2) is 16.0 Å². The Labute approximate surface area is 148 Å². The molecule has 0 aliphatic carbocycles. The first-order valence-electron chi connectivity index (χ1n) is 7.34. The number of fused-ring (bicyclic) bond motifs is 1. The number of nitrogens with one attached hydrogen (secondary N) is 1. The van der Waals surface area contributed by atoms with E-state index in [-0.39, 0.29) is 5.88 Å². The van der Waals surface area contributed by atoms with Gasteiger partial charge in [-0.25, -0.2) is 4.68 Å². The van der Waals surface area contributed by atoms with Gasteiger partial charge in [-0.3, -0.25) is 10.4 Å². The number of rotatable bonds is 3. The Kier molecular flexibility index (Phi) is 3.76. The van der Waals surface area contributed by atoms with Crippen LogP contribution in [0.2, 0.25) is 0 Å². The van der Waals surface area contributed by atoms with Crippen molar-refractivity contribution in [2.24, 2.45) is 4.99 Å². The molecule has 4 rings (SSSR count). The molecule has 4 nitrogen and oxygen atoms in total. The van der Waals surface area contributed by atoms with Crippen LogP contribution in [0.5, 0.6) is 5.88 Å². The van der Waals surface area contributed by atoms with Gasteiger partial charge in [0.2, 0.25) is 5.88 Å². The van der Waals surface area contributed by atoms with Crippen LogP contribution in [0, 0.1) is 3.95 Å². The van der Waals surface area contributed by atoms with E-state index >= 15 is 0 Å². The Balaban J connectivity index is 1.72. The maximum Gasteiger partial charge on any atom is 0.230 e. The largest absolute Gasteiger partial charge is 0.492 e. The summed E-state index contributed by atoms with van der Waals surface area (Å²) in [5.41, 5.74) is 6.93. The molecule has 0 radical (unpaired) electrons. The monoisotopic (exact) mass is 351 g/mol. The van der Waals surface area contributed by atoms with Gasteiger partial charge in [0.05, 0.1) is 16.3 Å². The highest BCUT2D eigenvalue weighted by molar-refractivity contribution is 7.73. The van der Waals surface area contributed by atoms with E-state index in [1.54, 1.807) is 0 Å². The van der Waals surface area contributed by atoms with Crippen LogP contribution in [0.3, 0.4) is 0 Å². The van der Waals surface area contributed by atoms with Crippen LogP contribution >= 0.6 is 23.6 Å². The fourth-order valence-corrected chi connectivity index (χ4v) is 3.69. The van der Waals surface area contributed by atoms with Crippen molar-refractivity contribution in [2.75, 3.05) is 5.43 Å². The molecule has 118 valence electrons. The highest BCUT2D eigenvalue weighted by Crippen LogP contribution is 2.35. The molecular weight excluding hydrogens is 338 g/mol. The van der Waals surface area contributed by atoms with Gasteiger partial charge in [-0.15, -0.1) is 0 Å². The van der Waals surface area contributed by atoms with E-state index < -0.39 is 0 Å². The summed E-state index contributed by atoms with van der Waals surface area (Å²) < 4.78 is 2.06. The van der Waals surface area contributed by atoms with Gasteiger partial charge < -0.3 is 5.11 Å². The lowest BCUT2D eigenvalue weighted by Crippen LogP contribution is -2.07. The van der Waals surface area contributed by atoms with Gasteiger partial charge in [-0.2, -0.15) is 0 Å². The molecule has 0 atom stereocenters. The molecule has 1 aromatic heterocycles. The number of aromatic nitrogens is 1. The zero-order chi connectivity index (χ0) is 16.5. The maximum absolute atomic E-state index is 10.5. The number of aliphatic imine (C=N–C) groups is 1. The Morgan fingerprint density at radius 3 is 2.67 bits per heavy atom. The van der Waals surface area contributed by atoms with Crippen LogP contribution in [0.1, 0.15) is 10.4 Å². The van der Waals surface area contributed by atoms with Gasteiger partial charge in [-0.05, 0) is 36.5 Å². The van der Waals surface area contributed by atoms with Crippen LogP contribution in [0.25, 0.3) is 11.6 Å². The number of thiazole rings is 1.